The van der Waals surface area contributed by atoms with Gasteiger partial charge in [-0.3, -0.25) is 4.79 Å². The van der Waals surface area contributed by atoms with Gasteiger partial charge in [0.25, 0.3) is 0 Å². The Morgan fingerprint density at radius 2 is 2.39 bits per heavy atom. The minimum atomic E-state index is -0.498. The predicted molar refractivity (Wildman–Crippen MR) is 68.2 cm³/mol. The molecule has 1 unspecified atom stereocenters. The highest BCUT2D eigenvalue weighted by Crippen LogP contribution is 2.33. The van der Waals surface area contributed by atoms with E-state index in [-0.39, 0.29) is 16.7 Å². The lowest BCUT2D eigenvalue weighted by atomic mass is 9.89. The van der Waals surface area contributed by atoms with Crippen molar-refractivity contribution in [1.82, 2.24) is 10.3 Å². The first kappa shape index (κ1) is 13.1. The molecule has 0 aromatic carbocycles. The Balaban J connectivity index is 2.20. The normalized spacial score (nSPS) is 23.2. The summed E-state index contributed by atoms with van der Waals surface area (Å²) in [5.74, 6) is -0.227. The van der Waals surface area contributed by atoms with Crippen molar-refractivity contribution in [3.63, 3.8) is 0 Å². The van der Waals surface area contributed by atoms with Crippen LogP contribution in [0.3, 0.4) is 0 Å². The molecule has 1 saturated heterocycles. The molecule has 1 aliphatic rings. The van der Waals surface area contributed by atoms with Gasteiger partial charge in [-0.15, -0.1) is 0 Å². The van der Waals surface area contributed by atoms with Gasteiger partial charge in [-0.2, -0.15) is 0 Å². The SMILES string of the molecule is CNC(=O)C1(C)CCN(c2ncc(Cl)cc2F)C1. The number of rotatable bonds is 2. The average Bonchev–Trinajstić information content (AvgIpc) is 2.72. The van der Waals surface area contributed by atoms with Gasteiger partial charge < -0.3 is 10.2 Å². The Kier molecular flexibility index (Phi) is 3.43. The molecule has 1 fully saturated rings. The molecule has 1 aromatic heterocycles. The maximum Gasteiger partial charge on any atom is 0.227 e. The van der Waals surface area contributed by atoms with Gasteiger partial charge in [-0.1, -0.05) is 11.6 Å². The zero-order chi connectivity index (χ0) is 13.3. The van der Waals surface area contributed by atoms with Crippen molar-refractivity contribution in [2.24, 2.45) is 5.41 Å². The van der Waals surface area contributed by atoms with E-state index >= 15 is 0 Å². The molecule has 0 bridgehead atoms. The molecule has 1 aliphatic heterocycles. The van der Waals surface area contributed by atoms with Gasteiger partial charge in [-0.05, 0) is 19.4 Å². The van der Waals surface area contributed by atoms with Crippen LogP contribution in [-0.2, 0) is 4.79 Å². The van der Waals surface area contributed by atoms with Gasteiger partial charge in [0.1, 0.15) is 0 Å². The maximum absolute atomic E-state index is 13.7. The number of nitrogens with zero attached hydrogens (tertiary/aromatic N) is 2. The van der Waals surface area contributed by atoms with Gasteiger partial charge >= 0.3 is 0 Å². The number of aromatic nitrogens is 1. The lowest BCUT2D eigenvalue weighted by Gasteiger charge is -2.23. The van der Waals surface area contributed by atoms with Crippen molar-refractivity contribution in [3.05, 3.63) is 23.1 Å². The van der Waals surface area contributed by atoms with Crippen LogP contribution in [0.15, 0.2) is 12.3 Å². The molecule has 0 saturated carbocycles. The maximum atomic E-state index is 13.7. The summed E-state index contributed by atoms with van der Waals surface area (Å²) in [6.07, 6.45) is 2.09. The Hall–Kier alpha value is -1.36. The highest BCUT2D eigenvalue weighted by Gasteiger charge is 2.40. The highest BCUT2D eigenvalue weighted by molar-refractivity contribution is 6.30. The van der Waals surface area contributed by atoms with E-state index in [0.29, 0.717) is 19.5 Å². The molecule has 0 radical (unpaired) electrons. The molecule has 1 atom stereocenters. The number of hydrogen-bond donors (Lipinski definition) is 1. The lowest BCUT2D eigenvalue weighted by Crippen LogP contribution is -2.39. The fourth-order valence-corrected chi connectivity index (χ4v) is 2.41. The van der Waals surface area contributed by atoms with Crippen LogP contribution < -0.4 is 10.2 Å². The molecule has 18 heavy (non-hydrogen) atoms. The number of hydrogen-bond acceptors (Lipinski definition) is 3. The van der Waals surface area contributed by atoms with Crippen LogP contribution >= 0.6 is 11.6 Å². The average molecular weight is 272 g/mol. The fourth-order valence-electron chi connectivity index (χ4n) is 2.27. The van der Waals surface area contributed by atoms with Gasteiger partial charge in [0.2, 0.25) is 5.91 Å². The van der Waals surface area contributed by atoms with Crippen LogP contribution in [0.2, 0.25) is 5.02 Å². The predicted octanol–water partition coefficient (Wildman–Crippen LogP) is 1.84. The van der Waals surface area contributed by atoms with Crippen molar-refractivity contribution < 1.29 is 9.18 Å². The van der Waals surface area contributed by atoms with E-state index in [9.17, 15) is 9.18 Å². The Labute approximate surface area is 110 Å². The number of anilines is 1. The Morgan fingerprint density at radius 1 is 1.67 bits per heavy atom. The minimum Gasteiger partial charge on any atom is -0.359 e. The highest BCUT2D eigenvalue weighted by atomic mass is 35.5. The second-order valence-corrected chi connectivity index (χ2v) is 5.21. The Bertz CT molecular complexity index is 482. The summed E-state index contributed by atoms with van der Waals surface area (Å²) in [7, 11) is 1.61. The van der Waals surface area contributed by atoms with E-state index in [4.69, 9.17) is 11.6 Å². The first-order valence-electron chi connectivity index (χ1n) is 5.74. The number of carbonyl (C=O) groups is 1. The number of amides is 1. The summed E-state index contributed by atoms with van der Waals surface area (Å²) >= 11 is 5.67. The van der Waals surface area contributed by atoms with E-state index in [1.165, 1.54) is 12.3 Å². The van der Waals surface area contributed by atoms with Gasteiger partial charge in [0.15, 0.2) is 11.6 Å². The summed E-state index contributed by atoms with van der Waals surface area (Å²) in [5.41, 5.74) is -0.498. The Morgan fingerprint density at radius 3 is 3.00 bits per heavy atom. The molecule has 2 heterocycles. The molecule has 1 aromatic rings. The number of pyridine rings is 1. The third-order valence-electron chi connectivity index (χ3n) is 3.34. The quantitative estimate of drug-likeness (QED) is 0.893. The van der Waals surface area contributed by atoms with Gasteiger partial charge in [0, 0.05) is 26.3 Å². The van der Waals surface area contributed by atoms with Crippen LogP contribution in [0, 0.1) is 11.2 Å². The van der Waals surface area contributed by atoms with Gasteiger partial charge in [-0.25, -0.2) is 9.37 Å². The second-order valence-electron chi connectivity index (χ2n) is 4.77. The molecular formula is C12H15ClFN3O. The number of halogens is 2. The standard InChI is InChI=1S/C12H15ClFN3O/c1-12(11(18)15-2)3-4-17(7-12)10-9(14)5-8(13)6-16-10/h5-6H,3-4,7H2,1-2H3,(H,15,18). The zero-order valence-corrected chi connectivity index (χ0v) is 11.1. The third kappa shape index (κ3) is 2.27. The van der Waals surface area contributed by atoms with E-state index in [2.05, 4.69) is 10.3 Å². The number of nitrogens with one attached hydrogen (secondary N) is 1. The largest absolute Gasteiger partial charge is 0.359 e. The summed E-state index contributed by atoms with van der Waals surface area (Å²) in [6.45, 7) is 2.94. The molecule has 1 N–H and O–H groups in total. The molecule has 2 rings (SSSR count). The van der Waals surface area contributed by atoms with E-state index in [1.54, 1.807) is 11.9 Å². The molecule has 0 aliphatic carbocycles. The lowest BCUT2D eigenvalue weighted by molar-refractivity contribution is -0.128. The van der Waals surface area contributed by atoms with Crippen LogP contribution in [-0.4, -0.2) is 31.0 Å². The van der Waals surface area contributed by atoms with Gasteiger partial charge in [0.05, 0.1) is 10.4 Å². The third-order valence-corrected chi connectivity index (χ3v) is 3.54. The monoisotopic (exact) mass is 271 g/mol. The molecule has 1 amide bonds. The second kappa shape index (κ2) is 4.72. The molecule has 0 spiro atoms. The van der Waals surface area contributed by atoms with Crippen LogP contribution in [0.4, 0.5) is 10.2 Å². The summed E-state index contributed by atoms with van der Waals surface area (Å²) < 4.78 is 13.7. The topological polar surface area (TPSA) is 45.2 Å². The van der Waals surface area contributed by atoms with Crippen molar-refractivity contribution in [1.29, 1.82) is 0 Å². The minimum absolute atomic E-state index is 0.0284. The smallest absolute Gasteiger partial charge is 0.227 e. The molecule has 6 heteroatoms. The number of carbonyl (C=O) groups excluding carboxylic acids is 1. The molecule has 4 nitrogen and oxygen atoms in total. The van der Waals surface area contributed by atoms with Crippen LogP contribution in [0.5, 0.6) is 0 Å². The zero-order valence-electron chi connectivity index (χ0n) is 10.3. The van der Waals surface area contributed by atoms with Crippen molar-refractivity contribution in [3.8, 4) is 0 Å². The van der Waals surface area contributed by atoms with Crippen molar-refractivity contribution in [2.45, 2.75) is 13.3 Å². The first-order chi connectivity index (χ1) is 8.46. The summed E-state index contributed by atoms with van der Waals surface area (Å²) in [5, 5.41) is 2.91. The first-order valence-corrected chi connectivity index (χ1v) is 6.12. The summed E-state index contributed by atoms with van der Waals surface area (Å²) in [6, 6.07) is 1.24. The molecular weight excluding hydrogens is 257 g/mol. The van der Waals surface area contributed by atoms with Crippen molar-refractivity contribution >= 4 is 23.3 Å². The van der Waals surface area contributed by atoms with Crippen LogP contribution in [0.1, 0.15) is 13.3 Å². The van der Waals surface area contributed by atoms with E-state index in [1.807, 2.05) is 6.92 Å². The summed E-state index contributed by atoms with van der Waals surface area (Å²) in [4.78, 5) is 17.6. The van der Waals surface area contributed by atoms with E-state index < -0.39 is 11.2 Å². The van der Waals surface area contributed by atoms with Crippen LogP contribution in [0.25, 0.3) is 0 Å². The van der Waals surface area contributed by atoms with Crippen molar-refractivity contribution in [2.75, 3.05) is 25.0 Å². The molecule has 98 valence electrons. The van der Waals surface area contributed by atoms with E-state index in [0.717, 1.165) is 0 Å². The fraction of sp³-hybridized carbons (Fsp3) is 0.500.